The smallest absolute Gasteiger partial charge is 0.0756 e. The van der Waals surface area contributed by atoms with Crippen LogP contribution in [0.1, 0.15) is 62.9 Å². The van der Waals surface area contributed by atoms with Crippen LogP contribution in [0.5, 0.6) is 0 Å². The van der Waals surface area contributed by atoms with Crippen LogP contribution >= 0.6 is 0 Å². The molecule has 0 spiro atoms. The van der Waals surface area contributed by atoms with E-state index in [2.05, 4.69) is 22.2 Å². The van der Waals surface area contributed by atoms with Gasteiger partial charge in [-0.05, 0) is 63.3 Å². The van der Waals surface area contributed by atoms with E-state index in [1.54, 1.807) is 0 Å². The van der Waals surface area contributed by atoms with Crippen molar-refractivity contribution in [2.24, 2.45) is 17.8 Å². The summed E-state index contributed by atoms with van der Waals surface area (Å²) in [6.45, 7) is 5.30. The van der Waals surface area contributed by atoms with Crippen LogP contribution < -0.4 is 5.32 Å². The number of nitrogens with one attached hydrogen (secondary N) is 1. The van der Waals surface area contributed by atoms with Gasteiger partial charge in [0.15, 0.2) is 0 Å². The van der Waals surface area contributed by atoms with E-state index in [0.29, 0.717) is 6.04 Å². The number of rotatable bonds is 6. The topological polar surface area (TPSA) is 37.8 Å². The van der Waals surface area contributed by atoms with Crippen molar-refractivity contribution in [3.05, 3.63) is 23.8 Å². The highest BCUT2D eigenvalue weighted by Gasteiger charge is 2.40. The predicted molar refractivity (Wildman–Crippen MR) is 81.4 cm³/mol. The van der Waals surface area contributed by atoms with Gasteiger partial charge in [0.25, 0.3) is 0 Å². The molecule has 0 saturated heterocycles. The number of aryl methyl sites for hydroxylation is 1. The summed E-state index contributed by atoms with van der Waals surface area (Å²) in [5.74, 6) is 2.93. The second-order valence-corrected chi connectivity index (χ2v) is 6.76. The van der Waals surface area contributed by atoms with Crippen LogP contribution in [0.4, 0.5) is 0 Å². The van der Waals surface area contributed by atoms with Crippen LogP contribution in [0.25, 0.3) is 0 Å². The molecule has 2 saturated carbocycles. The standard InChI is InChI=1S/C17H27N3/c1-3-6-18-16(17-11-19-12(2)10-20-17)9-15-8-13-4-5-14(15)7-13/h10-11,13-16,18H,3-9H2,1-2H3. The lowest BCUT2D eigenvalue weighted by Crippen LogP contribution is -2.27. The zero-order valence-corrected chi connectivity index (χ0v) is 12.8. The maximum Gasteiger partial charge on any atom is 0.0756 e. The van der Waals surface area contributed by atoms with Gasteiger partial charge >= 0.3 is 0 Å². The summed E-state index contributed by atoms with van der Waals surface area (Å²) in [5, 5.41) is 3.69. The molecule has 110 valence electrons. The molecule has 2 aliphatic rings. The normalized spacial score (nSPS) is 29.8. The third kappa shape index (κ3) is 3.03. The van der Waals surface area contributed by atoms with Gasteiger partial charge in [0.05, 0.1) is 23.6 Å². The summed E-state index contributed by atoms with van der Waals surface area (Å²) >= 11 is 0. The second-order valence-electron chi connectivity index (χ2n) is 6.76. The highest BCUT2D eigenvalue weighted by atomic mass is 14.9. The largest absolute Gasteiger partial charge is 0.309 e. The molecular formula is C17H27N3. The minimum atomic E-state index is 0.396. The van der Waals surface area contributed by atoms with E-state index >= 15 is 0 Å². The van der Waals surface area contributed by atoms with Crippen LogP contribution in [-0.2, 0) is 0 Å². The van der Waals surface area contributed by atoms with E-state index in [-0.39, 0.29) is 0 Å². The zero-order chi connectivity index (χ0) is 13.9. The Balaban J connectivity index is 1.67. The Morgan fingerprint density at radius 3 is 2.75 bits per heavy atom. The highest BCUT2D eigenvalue weighted by Crippen LogP contribution is 2.50. The summed E-state index contributed by atoms with van der Waals surface area (Å²) in [4.78, 5) is 9.04. The molecular weight excluding hydrogens is 246 g/mol. The Hall–Kier alpha value is -0.960. The third-order valence-corrected chi connectivity index (χ3v) is 5.22. The molecule has 0 aromatic carbocycles. The van der Waals surface area contributed by atoms with E-state index in [4.69, 9.17) is 0 Å². The molecule has 0 radical (unpaired) electrons. The van der Waals surface area contributed by atoms with Gasteiger partial charge in [-0.15, -0.1) is 0 Å². The molecule has 2 fully saturated rings. The van der Waals surface area contributed by atoms with E-state index in [1.165, 1.54) is 38.5 Å². The number of aromatic nitrogens is 2. The highest BCUT2D eigenvalue weighted by molar-refractivity contribution is 5.07. The number of nitrogens with zero attached hydrogens (tertiary/aromatic N) is 2. The van der Waals surface area contributed by atoms with E-state index < -0.39 is 0 Å². The SMILES string of the molecule is CCCNC(CC1CC2CCC1C2)c1cnc(C)cn1. The van der Waals surface area contributed by atoms with Gasteiger partial charge in [-0.25, -0.2) is 0 Å². The van der Waals surface area contributed by atoms with E-state index in [1.807, 2.05) is 19.3 Å². The lowest BCUT2D eigenvalue weighted by molar-refractivity contribution is 0.277. The van der Waals surface area contributed by atoms with E-state index in [9.17, 15) is 0 Å². The van der Waals surface area contributed by atoms with Crippen LogP contribution in [0, 0.1) is 24.7 Å². The summed E-state index contributed by atoms with van der Waals surface area (Å²) in [6.07, 6.45) is 12.2. The summed E-state index contributed by atoms with van der Waals surface area (Å²) < 4.78 is 0. The van der Waals surface area contributed by atoms with Crippen molar-refractivity contribution >= 4 is 0 Å². The lowest BCUT2D eigenvalue weighted by atomic mass is 9.83. The first kappa shape index (κ1) is 14.0. The fraction of sp³-hybridized carbons (Fsp3) is 0.765. The van der Waals surface area contributed by atoms with Crippen LogP contribution in [0.15, 0.2) is 12.4 Å². The fourth-order valence-corrected chi connectivity index (χ4v) is 4.18. The predicted octanol–water partition coefficient (Wildman–Crippen LogP) is 3.65. The molecule has 2 aliphatic carbocycles. The van der Waals surface area contributed by atoms with E-state index in [0.717, 1.165) is 35.7 Å². The first-order chi connectivity index (χ1) is 9.76. The van der Waals surface area contributed by atoms with Gasteiger partial charge in [-0.1, -0.05) is 13.3 Å². The Bertz CT molecular complexity index is 428. The summed E-state index contributed by atoms with van der Waals surface area (Å²) in [5.41, 5.74) is 2.13. The van der Waals surface area contributed by atoms with Gasteiger partial charge in [0.2, 0.25) is 0 Å². The zero-order valence-electron chi connectivity index (χ0n) is 12.8. The Labute approximate surface area is 122 Å². The molecule has 4 unspecified atom stereocenters. The quantitative estimate of drug-likeness (QED) is 0.859. The number of hydrogen-bond donors (Lipinski definition) is 1. The van der Waals surface area contributed by atoms with Crippen molar-refractivity contribution in [2.45, 2.75) is 58.4 Å². The van der Waals surface area contributed by atoms with Crippen molar-refractivity contribution in [1.29, 1.82) is 0 Å². The third-order valence-electron chi connectivity index (χ3n) is 5.22. The molecule has 1 heterocycles. The van der Waals surface area contributed by atoms with Gasteiger partial charge in [-0.2, -0.15) is 0 Å². The molecule has 3 rings (SSSR count). The molecule has 3 heteroatoms. The summed E-state index contributed by atoms with van der Waals surface area (Å²) in [6, 6.07) is 0.396. The Kier molecular flexibility index (Phi) is 4.35. The first-order valence-electron chi connectivity index (χ1n) is 8.28. The van der Waals surface area contributed by atoms with Crippen molar-refractivity contribution in [3.8, 4) is 0 Å². The average Bonchev–Trinajstić information content (AvgIpc) is 3.07. The van der Waals surface area contributed by atoms with Crippen molar-refractivity contribution in [1.82, 2.24) is 15.3 Å². The molecule has 3 nitrogen and oxygen atoms in total. The van der Waals surface area contributed by atoms with Crippen LogP contribution in [0.3, 0.4) is 0 Å². The molecule has 1 N–H and O–H groups in total. The maximum atomic E-state index is 4.61. The van der Waals surface area contributed by atoms with Gasteiger partial charge in [0.1, 0.15) is 0 Å². The maximum absolute atomic E-state index is 4.61. The monoisotopic (exact) mass is 273 g/mol. The van der Waals surface area contributed by atoms with Crippen LogP contribution in [-0.4, -0.2) is 16.5 Å². The average molecular weight is 273 g/mol. The Morgan fingerprint density at radius 2 is 2.15 bits per heavy atom. The minimum Gasteiger partial charge on any atom is -0.309 e. The van der Waals surface area contributed by atoms with Crippen molar-refractivity contribution < 1.29 is 0 Å². The summed E-state index contributed by atoms with van der Waals surface area (Å²) in [7, 11) is 0. The number of fused-ring (bicyclic) bond motifs is 2. The molecule has 0 aliphatic heterocycles. The second kappa shape index (κ2) is 6.21. The fourth-order valence-electron chi connectivity index (χ4n) is 4.18. The molecule has 0 amide bonds. The van der Waals surface area contributed by atoms with Gasteiger partial charge in [0, 0.05) is 6.20 Å². The molecule has 1 aromatic heterocycles. The Morgan fingerprint density at radius 1 is 1.25 bits per heavy atom. The van der Waals surface area contributed by atoms with Gasteiger partial charge < -0.3 is 5.32 Å². The molecule has 20 heavy (non-hydrogen) atoms. The number of hydrogen-bond acceptors (Lipinski definition) is 3. The molecule has 1 aromatic rings. The first-order valence-corrected chi connectivity index (χ1v) is 8.28. The van der Waals surface area contributed by atoms with Crippen LogP contribution in [0.2, 0.25) is 0 Å². The lowest BCUT2D eigenvalue weighted by Gasteiger charge is -2.27. The molecule has 4 atom stereocenters. The van der Waals surface area contributed by atoms with Gasteiger partial charge in [-0.3, -0.25) is 9.97 Å². The van der Waals surface area contributed by atoms with Crippen molar-refractivity contribution in [2.75, 3.05) is 6.54 Å². The molecule has 2 bridgehead atoms. The van der Waals surface area contributed by atoms with Crippen molar-refractivity contribution in [3.63, 3.8) is 0 Å². The minimum absolute atomic E-state index is 0.396.